The van der Waals surface area contributed by atoms with Crippen LogP contribution in [-0.2, 0) is 4.79 Å². The van der Waals surface area contributed by atoms with Crippen LogP contribution in [0.1, 0.15) is 5.56 Å². The highest BCUT2D eigenvalue weighted by molar-refractivity contribution is 9.10. The van der Waals surface area contributed by atoms with E-state index in [2.05, 4.69) is 15.9 Å². The van der Waals surface area contributed by atoms with E-state index in [4.69, 9.17) is 0 Å². The lowest BCUT2D eigenvalue weighted by molar-refractivity contribution is 0.563. The van der Waals surface area contributed by atoms with E-state index in [9.17, 15) is 4.79 Å². The third kappa shape index (κ3) is 1.38. The van der Waals surface area contributed by atoms with E-state index in [0.717, 1.165) is 15.2 Å². The molecule has 1 nitrogen and oxygen atoms in total. The van der Waals surface area contributed by atoms with Crippen LogP contribution in [0.3, 0.4) is 0 Å². The van der Waals surface area contributed by atoms with E-state index in [-0.39, 0.29) is 0 Å². The molecule has 2 rings (SSSR count). The quantitative estimate of drug-likeness (QED) is 0.741. The number of carbonyl (C=O) groups excluding carboxylic acids is 1. The first-order chi connectivity index (χ1) is 6.33. The van der Waals surface area contributed by atoms with Crippen molar-refractivity contribution in [3.8, 4) is 0 Å². The van der Waals surface area contributed by atoms with Crippen LogP contribution in [0.15, 0.2) is 40.9 Å². The van der Waals surface area contributed by atoms with Crippen molar-refractivity contribution in [1.29, 1.82) is 0 Å². The fraction of sp³-hybridized carbons (Fsp3) is 0. The van der Waals surface area contributed by atoms with Crippen molar-refractivity contribution in [2.45, 2.75) is 0 Å². The van der Waals surface area contributed by atoms with Crippen LogP contribution in [0, 0.1) is 0 Å². The monoisotopic (exact) mass is 233 g/mol. The zero-order valence-electron chi connectivity index (χ0n) is 6.75. The molecule has 0 N–H and O–H groups in total. The SMILES string of the molecule is O=[C]c1c(Br)ccc2ccccc12. The number of hydrogen-bond acceptors (Lipinski definition) is 1. The summed E-state index contributed by atoms with van der Waals surface area (Å²) in [6, 6.07) is 11.6. The topological polar surface area (TPSA) is 17.1 Å². The molecular formula is C11H6BrO. The summed E-state index contributed by atoms with van der Waals surface area (Å²) in [5, 5.41) is 2.00. The Hall–Kier alpha value is -1.15. The van der Waals surface area contributed by atoms with Crippen molar-refractivity contribution in [3.63, 3.8) is 0 Å². The molecular weight excluding hydrogens is 228 g/mol. The first kappa shape index (κ1) is 8.45. The average Bonchev–Trinajstić information content (AvgIpc) is 2.18. The van der Waals surface area contributed by atoms with Gasteiger partial charge in [0, 0.05) is 10.0 Å². The maximum atomic E-state index is 10.7. The van der Waals surface area contributed by atoms with Gasteiger partial charge in [-0.2, -0.15) is 0 Å². The first-order valence-electron chi connectivity index (χ1n) is 3.88. The second kappa shape index (κ2) is 3.30. The number of rotatable bonds is 1. The standard InChI is InChI=1S/C11H6BrO/c12-11-6-5-8-3-1-2-4-9(8)10(11)7-13/h1-6H. The molecule has 2 aromatic carbocycles. The minimum atomic E-state index is 0.595. The third-order valence-electron chi connectivity index (χ3n) is 1.98. The first-order valence-corrected chi connectivity index (χ1v) is 4.67. The maximum absolute atomic E-state index is 10.7. The molecule has 0 unspecified atom stereocenters. The van der Waals surface area contributed by atoms with Crippen molar-refractivity contribution in [1.82, 2.24) is 0 Å². The molecule has 13 heavy (non-hydrogen) atoms. The van der Waals surface area contributed by atoms with E-state index < -0.39 is 0 Å². The lowest BCUT2D eigenvalue weighted by Gasteiger charge is -2.01. The molecule has 0 fully saturated rings. The van der Waals surface area contributed by atoms with Crippen LogP contribution in [0.5, 0.6) is 0 Å². The summed E-state index contributed by atoms with van der Waals surface area (Å²) >= 11 is 3.32. The molecule has 0 atom stereocenters. The fourth-order valence-electron chi connectivity index (χ4n) is 1.35. The zero-order valence-corrected chi connectivity index (χ0v) is 8.34. The van der Waals surface area contributed by atoms with Gasteiger partial charge >= 0.3 is 0 Å². The highest BCUT2D eigenvalue weighted by Crippen LogP contribution is 2.24. The minimum Gasteiger partial charge on any atom is -0.285 e. The van der Waals surface area contributed by atoms with Crippen LogP contribution in [0.2, 0.25) is 0 Å². The molecule has 0 saturated carbocycles. The van der Waals surface area contributed by atoms with Gasteiger partial charge in [-0.3, -0.25) is 4.79 Å². The van der Waals surface area contributed by atoms with E-state index in [1.807, 2.05) is 42.7 Å². The van der Waals surface area contributed by atoms with Gasteiger partial charge in [0.25, 0.3) is 0 Å². The smallest absolute Gasteiger partial charge is 0.235 e. The van der Waals surface area contributed by atoms with Gasteiger partial charge in [0.05, 0.1) is 0 Å². The minimum absolute atomic E-state index is 0.595. The Balaban J connectivity index is 2.91. The van der Waals surface area contributed by atoms with E-state index in [0.29, 0.717) is 5.56 Å². The number of benzene rings is 2. The molecule has 0 bridgehead atoms. The fourth-order valence-corrected chi connectivity index (χ4v) is 1.78. The Kier molecular flexibility index (Phi) is 2.15. The molecule has 1 radical (unpaired) electrons. The van der Waals surface area contributed by atoms with Crippen LogP contribution in [0.25, 0.3) is 10.8 Å². The van der Waals surface area contributed by atoms with Gasteiger partial charge in [-0.1, -0.05) is 46.3 Å². The Labute approximate surface area is 84.5 Å². The Bertz CT molecular complexity index is 463. The Morgan fingerprint density at radius 1 is 1.08 bits per heavy atom. The lowest BCUT2D eigenvalue weighted by atomic mass is 10.1. The summed E-state index contributed by atoms with van der Waals surface area (Å²) in [6.45, 7) is 0. The van der Waals surface area contributed by atoms with Gasteiger partial charge in [-0.05, 0) is 16.8 Å². The van der Waals surface area contributed by atoms with E-state index in [1.54, 1.807) is 0 Å². The average molecular weight is 234 g/mol. The summed E-state index contributed by atoms with van der Waals surface area (Å²) in [6.07, 6.45) is 1.94. The molecule has 0 saturated heterocycles. The van der Waals surface area contributed by atoms with Gasteiger partial charge in [0.2, 0.25) is 6.29 Å². The molecule has 0 spiro atoms. The summed E-state index contributed by atoms with van der Waals surface area (Å²) < 4.78 is 0.793. The molecule has 0 aliphatic heterocycles. The van der Waals surface area contributed by atoms with Crippen molar-refractivity contribution >= 4 is 33.0 Å². The number of fused-ring (bicyclic) bond motifs is 1. The summed E-state index contributed by atoms with van der Waals surface area (Å²) in [4.78, 5) is 10.7. The molecule has 2 aromatic rings. The predicted molar refractivity (Wildman–Crippen MR) is 56.4 cm³/mol. The Morgan fingerprint density at radius 2 is 1.85 bits per heavy atom. The van der Waals surface area contributed by atoms with Crippen molar-refractivity contribution in [3.05, 3.63) is 46.4 Å². The summed E-state index contributed by atoms with van der Waals surface area (Å²) in [7, 11) is 0. The largest absolute Gasteiger partial charge is 0.285 e. The lowest BCUT2D eigenvalue weighted by Crippen LogP contribution is -1.85. The molecule has 0 amide bonds. The van der Waals surface area contributed by atoms with Crippen molar-refractivity contribution in [2.75, 3.05) is 0 Å². The second-order valence-electron chi connectivity index (χ2n) is 2.75. The number of hydrogen-bond donors (Lipinski definition) is 0. The van der Waals surface area contributed by atoms with E-state index in [1.165, 1.54) is 0 Å². The van der Waals surface area contributed by atoms with Gasteiger partial charge in [0.15, 0.2) is 0 Å². The predicted octanol–water partition coefficient (Wildman–Crippen LogP) is 3.06. The number of halogens is 1. The zero-order chi connectivity index (χ0) is 9.26. The van der Waals surface area contributed by atoms with Crippen LogP contribution in [0.4, 0.5) is 0 Å². The van der Waals surface area contributed by atoms with Gasteiger partial charge in [0.1, 0.15) is 0 Å². The van der Waals surface area contributed by atoms with Gasteiger partial charge in [-0.25, -0.2) is 0 Å². The molecule has 0 aliphatic carbocycles. The highest BCUT2D eigenvalue weighted by Gasteiger charge is 2.03. The maximum Gasteiger partial charge on any atom is 0.235 e. The summed E-state index contributed by atoms with van der Waals surface area (Å²) in [5.41, 5.74) is 0.595. The van der Waals surface area contributed by atoms with Gasteiger partial charge in [-0.15, -0.1) is 0 Å². The molecule has 0 aromatic heterocycles. The molecule has 0 heterocycles. The third-order valence-corrected chi connectivity index (χ3v) is 2.64. The van der Waals surface area contributed by atoms with Crippen LogP contribution >= 0.6 is 15.9 Å². The molecule has 0 aliphatic rings. The Morgan fingerprint density at radius 3 is 2.62 bits per heavy atom. The van der Waals surface area contributed by atoms with E-state index >= 15 is 0 Å². The molecule has 2 heteroatoms. The normalized spacial score (nSPS) is 10.2. The second-order valence-corrected chi connectivity index (χ2v) is 3.60. The van der Waals surface area contributed by atoms with Gasteiger partial charge < -0.3 is 0 Å². The van der Waals surface area contributed by atoms with Crippen LogP contribution < -0.4 is 0 Å². The van der Waals surface area contributed by atoms with Crippen LogP contribution in [-0.4, -0.2) is 6.29 Å². The summed E-state index contributed by atoms with van der Waals surface area (Å²) in [5.74, 6) is 0. The molecule has 63 valence electrons. The van der Waals surface area contributed by atoms with Crippen molar-refractivity contribution < 1.29 is 4.79 Å². The van der Waals surface area contributed by atoms with Crippen molar-refractivity contribution in [2.24, 2.45) is 0 Å². The highest BCUT2D eigenvalue weighted by atomic mass is 79.9.